The van der Waals surface area contributed by atoms with Gasteiger partial charge >= 0.3 is 0 Å². The number of aryl methyl sites for hydroxylation is 1. The number of hydrogen-bond acceptors (Lipinski definition) is 5. The fraction of sp³-hybridized carbons (Fsp3) is 0.294. The third-order valence-electron chi connectivity index (χ3n) is 4.27. The maximum Gasteiger partial charge on any atom is 0.254 e. The molecule has 122 valence electrons. The molecule has 0 aliphatic carbocycles. The molecular weight excluding hydrogens is 304 g/mol. The molecule has 0 fully saturated rings. The monoisotopic (exact) mass is 322 g/mol. The summed E-state index contributed by atoms with van der Waals surface area (Å²) in [4.78, 5) is 23.1. The second-order valence-corrected chi connectivity index (χ2v) is 5.99. The molecule has 4 rings (SSSR count). The summed E-state index contributed by atoms with van der Waals surface area (Å²) in [5.41, 5.74) is 3.05. The van der Waals surface area contributed by atoms with E-state index in [4.69, 9.17) is 0 Å². The van der Waals surface area contributed by atoms with Crippen molar-refractivity contribution in [3.05, 3.63) is 47.9 Å². The van der Waals surface area contributed by atoms with E-state index in [1.807, 2.05) is 43.0 Å². The van der Waals surface area contributed by atoms with Crippen molar-refractivity contribution >= 4 is 23.2 Å². The molecule has 7 heteroatoms. The Morgan fingerprint density at radius 2 is 2.17 bits per heavy atom. The van der Waals surface area contributed by atoms with E-state index >= 15 is 0 Å². The van der Waals surface area contributed by atoms with Crippen molar-refractivity contribution < 1.29 is 4.79 Å². The number of rotatable bonds is 3. The molecule has 0 bridgehead atoms. The van der Waals surface area contributed by atoms with Crippen LogP contribution in [0.4, 0.5) is 11.5 Å². The smallest absolute Gasteiger partial charge is 0.254 e. The van der Waals surface area contributed by atoms with Crippen LogP contribution in [0.25, 0.3) is 5.78 Å². The number of fused-ring (bicyclic) bond motifs is 2. The summed E-state index contributed by atoms with van der Waals surface area (Å²) < 4.78 is 1.61. The molecule has 1 aliphatic heterocycles. The standard InChI is InChI=1S/C17H18N6O/c1-11-9-15(23-17(20-11)18-10-19-23)21-12(2)16(24)22-8-7-13-5-3-4-6-14(13)22/h3-6,9-10,12,21H,7-8H2,1-2H3. The van der Waals surface area contributed by atoms with E-state index < -0.39 is 0 Å². The van der Waals surface area contributed by atoms with E-state index in [1.165, 1.54) is 11.9 Å². The van der Waals surface area contributed by atoms with Crippen LogP contribution in [0, 0.1) is 6.92 Å². The molecule has 3 aromatic rings. The molecule has 3 heterocycles. The average molecular weight is 322 g/mol. The molecule has 1 unspecified atom stereocenters. The van der Waals surface area contributed by atoms with Gasteiger partial charge < -0.3 is 10.2 Å². The van der Waals surface area contributed by atoms with Gasteiger partial charge in [-0.05, 0) is 31.9 Å². The maximum atomic E-state index is 12.9. The number of carbonyl (C=O) groups excluding carboxylic acids is 1. The molecule has 1 N–H and O–H groups in total. The van der Waals surface area contributed by atoms with Crippen LogP contribution in [-0.4, -0.2) is 38.1 Å². The average Bonchev–Trinajstić information content (AvgIpc) is 3.20. The van der Waals surface area contributed by atoms with Crippen LogP contribution in [0.5, 0.6) is 0 Å². The van der Waals surface area contributed by atoms with E-state index in [9.17, 15) is 4.79 Å². The van der Waals surface area contributed by atoms with Crippen LogP contribution in [0.15, 0.2) is 36.7 Å². The van der Waals surface area contributed by atoms with Gasteiger partial charge in [0.1, 0.15) is 18.2 Å². The lowest BCUT2D eigenvalue weighted by Crippen LogP contribution is -2.41. The van der Waals surface area contributed by atoms with E-state index in [0.29, 0.717) is 11.6 Å². The molecule has 1 amide bonds. The molecule has 2 aromatic heterocycles. The Balaban J connectivity index is 1.59. The first kappa shape index (κ1) is 14.6. The topological polar surface area (TPSA) is 75.4 Å². The highest BCUT2D eigenvalue weighted by Crippen LogP contribution is 2.28. The van der Waals surface area contributed by atoms with Crippen LogP contribution in [0.1, 0.15) is 18.2 Å². The summed E-state index contributed by atoms with van der Waals surface area (Å²) in [5, 5.41) is 7.41. The number of nitrogens with zero attached hydrogens (tertiary/aromatic N) is 5. The van der Waals surface area contributed by atoms with E-state index in [2.05, 4.69) is 26.4 Å². The number of amides is 1. The van der Waals surface area contributed by atoms with Crippen molar-refractivity contribution in [2.24, 2.45) is 0 Å². The van der Waals surface area contributed by atoms with Crippen molar-refractivity contribution in [2.45, 2.75) is 26.3 Å². The molecule has 24 heavy (non-hydrogen) atoms. The number of anilines is 2. The summed E-state index contributed by atoms with van der Waals surface area (Å²) in [6.07, 6.45) is 2.35. The maximum absolute atomic E-state index is 12.9. The van der Waals surface area contributed by atoms with E-state index in [-0.39, 0.29) is 11.9 Å². The van der Waals surface area contributed by atoms with Crippen molar-refractivity contribution in [3.63, 3.8) is 0 Å². The zero-order valence-corrected chi connectivity index (χ0v) is 13.6. The zero-order valence-electron chi connectivity index (χ0n) is 13.6. The second-order valence-electron chi connectivity index (χ2n) is 5.99. The third-order valence-corrected chi connectivity index (χ3v) is 4.27. The minimum absolute atomic E-state index is 0.0441. The highest BCUT2D eigenvalue weighted by Gasteiger charge is 2.28. The number of hydrogen-bond donors (Lipinski definition) is 1. The van der Waals surface area contributed by atoms with Crippen LogP contribution < -0.4 is 10.2 Å². The Bertz CT molecular complexity index is 918. The Kier molecular flexibility index (Phi) is 3.41. The first-order valence-corrected chi connectivity index (χ1v) is 7.96. The molecule has 0 saturated heterocycles. The van der Waals surface area contributed by atoms with Gasteiger partial charge in [-0.1, -0.05) is 18.2 Å². The molecular formula is C17H18N6O. The lowest BCUT2D eigenvalue weighted by atomic mass is 10.2. The number of aromatic nitrogens is 4. The minimum atomic E-state index is -0.384. The summed E-state index contributed by atoms with van der Waals surface area (Å²) in [7, 11) is 0. The van der Waals surface area contributed by atoms with Crippen molar-refractivity contribution in [1.82, 2.24) is 19.6 Å². The first-order chi connectivity index (χ1) is 11.6. The quantitative estimate of drug-likeness (QED) is 0.796. The van der Waals surface area contributed by atoms with Gasteiger partial charge in [0.15, 0.2) is 0 Å². The molecule has 7 nitrogen and oxygen atoms in total. The highest BCUT2D eigenvalue weighted by atomic mass is 16.2. The predicted molar refractivity (Wildman–Crippen MR) is 91.1 cm³/mol. The lowest BCUT2D eigenvalue weighted by Gasteiger charge is -2.23. The summed E-state index contributed by atoms with van der Waals surface area (Å²) in [6, 6.07) is 9.53. The van der Waals surface area contributed by atoms with Crippen molar-refractivity contribution in [3.8, 4) is 0 Å². The molecule has 1 aliphatic rings. The summed E-state index contributed by atoms with van der Waals surface area (Å²) in [5.74, 6) is 1.27. The first-order valence-electron chi connectivity index (χ1n) is 7.96. The molecule has 1 aromatic carbocycles. The highest BCUT2D eigenvalue weighted by molar-refractivity contribution is 6.00. The zero-order chi connectivity index (χ0) is 16.7. The van der Waals surface area contributed by atoms with Gasteiger partial charge in [-0.2, -0.15) is 14.6 Å². The van der Waals surface area contributed by atoms with E-state index in [0.717, 1.165) is 24.3 Å². The SMILES string of the molecule is Cc1cc(NC(C)C(=O)N2CCc3ccccc32)n2ncnc2n1. The van der Waals surface area contributed by atoms with Crippen LogP contribution in [0.2, 0.25) is 0 Å². The molecule has 0 saturated carbocycles. The largest absolute Gasteiger partial charge is 0.358 e. The minimum Gasteiger partial charge on any atom is -0.358 e. The van der Waals surface area contributed by atoms with Crippen LogP contribution >= 0.6 is 0 Å². The Labute approximate surface area is 139 Å². The number of carbonyl (C=O) groups is 1. The Hall–Kier alpha value is -2.96. The van der Waals surface area contributed by atoms with Gasteiger partial charge in [0.2, 0.25) is 5.91 Å². The third kappa shape index (κ3) is 2.38. The van der Waals surface area contributed by atoms with Crippen LogP contribution in [0.3, 0.4) is 0 Å². The van der Waals surface area contributed by atoms with Gasteiger partial charge in [-0.3, -0.25) is 4.79 Å². The molecule has 0 radical (unpaired) electrons. The van der Waals surface area contributed by atoms with Gasteiger partial charge in [0.25, 0.3) is 5.78 Å². The summed E-state index contributed by atoms with van der Waals surface area (Å²) in [6.45, 7) is 4.48. The number of nitrogens with one attached hydrogen (secondary N) is 1. The van der Waals surface area contributed by atoms with Crippen molar-refractivity contribution in [1.29, 1.82) is 0 Å². The van der Waals surface area contributed by atoms with Gasteiger partial charge in [-0.25, -0.2) is 4.98 Å². The predicted octanol–water partition coefficient (Wildman–Crippen LogP) is 1.82. The van der Waals surface area contributed by atoms with Gasteiger partial charge in [0, 0.05) is 24.0 Å². The molecule has 1 atom stereocenters. The second kappa shape index (κ2) is 5.59. The van der Waals surface area contributed by atoms with E-state index in [1.54, 1.807) is 4.52 Å². The Morgan fingerprint density at radius 1 is 1.33 bits per heavy atom. The fourth-order valence-corrected chi connectivity index (χ4v) is 3.12. The van der Waals surface area contributed by atoms with Crippen molar-refractivity contribution in [2.75, 3.05) is 16.8 Å². The number of para-hydroxylation sites is 1. The molecule has 0 spiro atoms. The van der Waals surface area contributed by atoms with Crippen LogP contribution in [-0.2, 0) is 11.2 Å². The van der Waals surface area contributed by atoms with Gasteiger partial charge in [-0.15, -0.1) is 0 Å². The Morgan fingerprint density at radius 3 is 3.04 bits per heavy atom. The summed E-state index contributed by atoms with van der Waals surface area (Å²) >= 11 is 0. The lowest BCUT2D eigenvalue weighted by molar-refractivity contribution is -0.118. The normalized spacial score (nSPS) is 14.7. The number of benzene rings is 1. The van der Waals surface area contributed by atoms with Gasteiger partial charge in [0.05, 0.1) is 0 Å². The fourth-order valence-electron chi connectivity index (χ4n) is 3.12.